The number of halogens is 3. The number of anilines is 1. The number of nitrogens with one attached hydrogen (secondary N) is 1. The first-order chi connectivity index (χ1) is 13.2. The van der Waals surface area contributed by atoms with Crippen molar-refractivity contribution in [3.05, 3.63) is 63.8 Å². The number of carbonyl (C=O) groups is 2. The van der Waals surface area contributed by atoms with Crippen LogP contribution in [-0.4, -0.2) is 36.5 Å². The van der Waals surface area contributed by atoms with Crippen LogP contribution in [0.2, 0.25) is 10.0 Å². The third-order valence-electron chi connectivity index (χ3n) is 3.91. The standard InChI is InChI=1S/C17H14Cl2FN5O3/c1-9(25-5-4-14(22-25)17(27)28)16(26)21-15-13(19)8-24(23-15)7-10-2-3-11(20)6-12(10)18/h2-6,8-9H,7H2,1H3,(H,27,28)(H,21,23,26). The normalized spacial score (nSPS) is 12.0. The molecule has 0 aliphatic heterocycles. The Morgan fingerprint density at radius 2 is 2.00 bits per heavy atom. The monoisotopic (exact) mass is 425 g/mol. The predicted molar refractivity (Wildman–Crippen MR) is 100 cm³/mol. The van der Waals surface area contributed by atoms with E-state index in [1.807, 2.05) is 0 Å². The average molecular weight is 426 g/mol. The largest absolute Gasteiger partial charge is 0.476 e. The quantitative estimate of drug-likeness (QED) is 0.629. The predicted octanol–water partition coefficient (Wildman–Crippen LogP) is 3.47. The van der Waals surface area contributed by atoms with Gasteiger partial charge in [0.1, 0.15) is 16.9 Å². The number of nitrogens with zero attached hydrogens (tertiary/aromatic N) is 4. The fourth-order valence-corrected chi connectivity index (χ4v) is 2.82. The van der Waals surface area contributed by atoms with E-state index in [4.69, 9.17) is 28.3 Å². The van der Waals surface area contributed by atoms with Crippen molar-refractivity contribution in [1.29, 1.82) is 0 Å². The van der Waals surface area contributed by atoms with Crippen LogP contribution in [0.3, 0.4) is 0 Å². The molecule has 11 heteroatoms. The Balaban J connectivity index is 1.71. The number of benzene rings is 1. The van der Waals surface area contributed by atoms with Gasteiger partial charge in [-0.15, -0.1) is 0 Å². The minimum absolute atomic E-state index is 0.127. The number of amides is 1. The first-order valence-electron chi connectivity index (χ1n) is 8.01. The fraction of sp³-hybridized carbons (Fsp3) is 0.176. The van der Waals surface area contributed by atoms with E-state index >= 15 is 0 Å². The molecule has 146 valence electrons. The summed E-state index contributed by atoms with van der Waals surface area (Å²) in [5.74, 6) is -1.99. The number of aromatic nitrogens is 4. The molecule has 0 fully saturated rings. The van der Waals surface area contributed by atoms with Crippen LogP contribution in [0.4, 0.5) is 10.2 Å². The second kappa shape index (κ2) is 7.99. The molecule has 3 rings (SSSR count). The van der Waals surface area contributed by atoms with E-state index in [1.54, 1.807) is 6.92 Å². The topological polar surface area (TPSA) is 102 Å². The van der Waals surface area contributed by atoms with Crippen LogP contribution in [-0.2, 0) is 11.3 Å². The summed E-state index contributed by atoms with van der Waals surface area (Å²) in [5.41, 5.74) is 0.462. The van der Waals surface area contributed by atoms with Crippen LogP contribution < -0.4 is 5.32 Å². The molecular weight excluding hydrogens is 412 g/mol. The highest BCUT2D eigenvalue weighted by Gasteiger charge is 2.20. The molecule has 1 unspecified atom stereocenters. The summed E-state index contributed by atoms with van der Waals surface area (Å²) in [5, 5.41) is 20.0. The molecule has 1 atom stereocenters. The number of carbonyl (C=O) groups excluding carboxylic acids is 1. The second-order valence-electron chi connectivity index (χ2n) is 5.91. The molecule has 2 heterocycles. The SMILES string of the molecule is CC(C(=O)Nc1nn(Cc2ccc(F)cc2Cl)cc1Cl)n1ccc(C(=O)O)n1. The van der Waals surface area contributed by atoms with Crippen LogP contribution in [0, 0.1) is 5.82 Å². The van der Waals surface area contributed by atoms with Crippen molar-refractivity contribution in [2.75, 3.05) is 5.32 Å². The zero-order chi connectivity index (χ0) is 20.4. The lowest BCUT2D eigenvalue weighted by molar-refractivity contribution is -0.119. The molecule has 3 aromatic rings. The summed E-state index contributed by atoms with van der Waals surface area (Å²) >= 11 is 12.1. The maximum Gasteiger partial charge on any atom is 0.356 e. The van der Waals surface area contributed by atoms with E-state index in [0.717, 1.165) is 0 Å². The number of aromatic carboxylic acids is 1. The summed E-state index contributed by atoms with van der Waals surface area (Å²) in [7, 11) is 0. The van der Waals surface area contributed by atoms with Gasteiger partial charge in [-0.3, -0.25) is 14.2 Å². The van der Waals surface area contributed by atoms with Crippen LogP contribution in [0.5, 0.6) is 0 Å². The van der Waals surface area contributed by atoms with Gasteiger partial charge in [0.2, 0.25) is 5.91 Å². The van der Waals surface area contributed by atoms with Crippen molar-refractivity contribution in [1.82, 2.24) is 19.6 Å². The Morgan fingerprint density at radius 3 is 2.64 bits per heavy atom. The van der Waals surface area contributed by atoms with Crippen molar-refractivity contribution < 1.29 is 19.1 Å². The molecule has 0 saturated heterocycles. The molecule has 8 nitrogen and oxygen atoms in total. The Bertz CT molecular complexity index is 1050. The summed E-state index contributed by atoms with van der Waals surface area (Å²) < 4.78 is 15.8. The molecular formula is C17H14Cl2FN5O3. The minimum Gasteiger partial charge on any atom is -0.476 e. The Morgan fingerprint density at radius 1 is 1.25 bits per heavy atom. The van der Waals surface area contributed by atoms with Gasteiger partial charge in [0.15, 0.2) is 11.5 Å². The smallest absolute Gasteiger partial charge is 0.356 e. The molecule has 2 aromatic heterocycles. The molecule has 0 aliphatic rings. The number of carboxylic acids is 1. The molecule has 28 heavy (non-hydrogen) atoms. The van der Waals surface area contributed by atoms with E-state index < -0.39 is 23.7 Å². The molecule has 2 N–H and O–H groups in total. The summed E-state index contributed by atoms with van der Waals surface area (Å²) in [6, 6.07) is 4.51. The van der Waals surface area contributed by atoms with Gasteiger partial charge in [0, 0.05) is 17.4 Å². The van der Waals surface area contributed by atoms with Gasteiger partial charge in [-0.1, -0.05) is 29.3 Å². The highest BCUT2D eigenvalue weighted by molar-refractivity contribution is 6.33. The molecule has 0 aliphatic carbocycles. The number of carboxylic acid groups (broad SMARTS) is 1. The summed E-state index contributed by atoms with van der Waals surface area (Å²) in [6.45, 7) is 1.78. The van der Waals surface area contributed by atoms with E-state index in [2.05, 4.69) is 15.5 Å². The number of hydrogen-bond donors (Lipinski definition) is 2. The van der Waals surface area contributed by atoms with Crippen molar-refractivity contribution in [2.45, 2.75) is 19.5 Å². The van der Waals surface area contributed by atoms with Gasteiger partial charge in [-0.2, -0.15) is 10.2 Å². The zero-order valence-electron chi connectivity index (χ0n) is 14.4. The molecule has 0 bridgehead atoms. The lowest BCUT2D eigenvalue weighted by atomic mass is 10.2. The molecule has 1 amide bonds. The van der Waals surface area contributed by atoms with Gasteiger partial charge < -0.3 is 10.4 Å². The van der Waals surface area contributed by atoms with Crippen molar-refractivity contribution in [3.8, 4) is 0 Å². The minimum atomic E-state index is -1.19. The number of hydrogen-bond acceptors (Lipinski definition) is 4. The first kappa shape index (κ1) is 19.8. The Kier molecular flexibility index (Phi) is 5.66. The second-order valence-corrected chi connectivity index (χ2v) is 6.72. The van der Waals surface area contributed by atoms with Crippen LogP contribution in [0.25, 0.3) is 0 Å². The highest BCUT2D eigenvalue weighted by atomic mass is 35.5. The van der Waals surface area contributed by atoms with Crippen molar-refractivity contribution in [2.24, 2.45) is 0 Å². The Labute approximate surface area is 168 Å². The summed E-state index contributed by atoms with van der Waals surface area (Å²) in [6.07, 6.45) is 2.89. The van der Waals surface area contributed by atoms with Crippen LogP contribution in [0.15, 0.2) is 36.7 Å². The third-order valence-corrected chi connectivity index (χ3v) is 4.54. The van der Waals surface area contributed by atoms with Crippen LogP contribution in [0.1, 0.15) is 29.0 Å². The highest BCUT2D eigenvalue weighted by Crippen LogP contribution is 2.23. The van der Waals surface area contributed by atoms with E-state index in [9.17, 15) is 14.0 Å². The first-order valence-corrected chi connectivity index (χ1v) is 8.76. The third kappa shape index (κ3) is 4.32. The molecule has 1 aromatic carbocycles. The van der Waals surface area contributed by atoms with Crippen LogP contribution >= 0.6 is 23.2 Å². The van der Waals surface area contributed by atoms with E-state index in [1.165, 1.54) is 46.0 Å². The van der Waals surface area contributed by atoms with Crippen molar-refractivity contribution in [3.63, 3.8) is 0 Å². The zero-order valence-corrected chi connectivity index (χ0v) is 15.9. The van der Waals surface area contributed by atoms with Gasteiger partial charge in [0.25, 0.3) is 0 Å². The lowest BCUT2D eigenvalue weighted by Crippen LogP contribution is -2.24. The lowest BCUT2D eigenvalue weighted by Gasteiger charge is -2.11. The van der Waals surface area contributed by atoms with Gasteiger partial charge in [-0.25, -0.2) is 9.18 Å². The Hall–Kier alpha value is -2.91. The maximum absolute atomic E-state index is 13.1. The fourth-order valence-electron chi connectivity index (χ4n) is 2.40. The summed E-state index contributed by atoms with van der Waals surface area (Å²) in [4.78, 5) is 23.3. The average Bonchev–Trinajstić information content (AvgIpc) is 3.24. The van der Waals surface area contributed by atoms with Gasteiger partial charge >= 0.3 is 5.97 Å². The van der Waals surface area contributed by atoms with E-state index in [-0.39, 0.29) is 28.1 Å². The van der Waals surface area contributed by atoms with Gasteiger partial charge in [0.05, 0.1) is 6.54 Å². The van der Waals surface area contributed by atoms with Crippen molar-refractivity contribution >= 4 is 40.9 Å². The van der Waals surface area contributed by atoms with Gasteiger partial charge in [-0.05, 0) is 30.7 Å². The molecule has 0 saturated carbocycles. The molecule has 0 radical (unpaired) electrons. The number of rotatable bonds is 6. The molecule has 0 spiro atoms. The maximum atomic E-state index is 13.1. The van der Waals surface area contributed by atoms with E-state index in [0.29, 0.717) is 5.56 Å².